The molecule has 0 aliphatic carbocycles. The van der Waals surface area contributed by atoms with Gasteiger partial charge in [-0.1, -0.05) is 20.8 Å². The molecule has 0 fully saturated rings. The van der Waals surface area contributed by atoms with E-state index in [0.29, 0.717) is 18.0 Å². The predicted octanol–water partition coefficient (Wildman–Crippen LogP) is 2.84. The highest BCUT2D eigenvalue weighted by Crippen LogP contribution is 2.25. The third-order valence-electron chi connectivity index (χ3n) is 2.10. The summed E-state index contributed by atoms with van der Waals surface area (Å²) < 4.78 is 0. The van der Waals surface area contributed by atoms with Crippen LogP contribution in [-0.4, -0.2) is 16.1 Å². The van der Waals surface area contributed by atoms with Gasteiger partial charge in [0.2, 0.25) is 0 Å². The van der Waals surface area contributed by atoms with Crippen molar-refractivity contribution in [2.75, 3.05) is 0 Å². The first kappa shape index (κ1) is 11.2. The van der Waals surface area contributed by atoms with E-state index in [4.69, 9.17) is 5.11 Å². The monoisotopic (exact) mass is 213 g/mol. The Morgan fingerprint density at radius 3 is 2.64 bits per heavy atom. The maximum absolute atomic E-state index is 10.9. The van der Waals surface area contributed by atoms with E-state index in [1.807, 2.05) is 12.3 Å². The van der Waals surface area contributed by atoms with Crippen molar-refractivity contribution < 1.29 is 9.90 Å². The predicted molar refractivity (Wildman–Crippen MR) is 56.9 cm³/mol. The van der Waals surface area contributed by atoms with Gasteiger partial charge in [-0.15, -0.1) is 11.3 Å². The fourth-order valence-electron chi connectivity index (χ4n) is 1.24. The number of carboxylic acids is 1. The molecule has 0 radical (unpaired) electrons. The normalized spacial score (nSPS) is 13.1. The van der Waals surface area contributed by atoms with E-state index in [2.05, 4.69) is 18.8 Å². The second kappa shape index (κ2) is 4.55. The summed E-state index contributed by atoms with van der Waals surface area (Å²) in [6, 6.07) is 0. The van der Waals surface area contributed by atoms with Crippen LogP contribution < -0.4 is 0 Å². The standard InChI is InChI=1S/C10H15NO2S/c1-4-7(10(12)13)8-5-14-9(11-8)6(2)3/h5-7H,4H2,1-3H3,(H,12,13). The Hall–Kier alpha value is -0.900. The zero-order chi connectivity index (χ0) is 10.7. The summed E-state index contributed by atoms with van der Waals surface area (Å²) in [6.45, 7) is 5.99. The van der Waals surface area contributed by atoms with Gasteiger partial charge in [0.1, 0.15) is 0 Å². The van der Waals surface area contributed by atoms with Crippen LogP contribution >= 0.6 is 11.3 Å². The maximum Gasteiger partial charge on any atom is 0.312 e. The molecule has 0 bridgehead atoms. The van der Waals surface area contributed by atoms with Gasteiger partial charge >= 0.3 is 5.97 Å². The fourth-order valence-corrected chi connectivity index (χ4v) is 2.12. The van der Waals surface area contributed by atoms with Crippen LogP contribution in [0.5, 0.6) is 0 Å². The smallest absolute Gasteiger partial charge is 0.312 e. The summed E-state index contributed by atoms with van der Waals surface area (Å²) in [5.74, 6) is -0.855. The van der Waals surface area contributed by atoms with Crippen molar-refractivity contribution in [1.29, 1.82) is 0 Å². The Balaban J connectivity index is 2.89. The Labute approximate surface area is 87.8 Å². The molecule has 4 heteroatoms. The lowest BCUT2D eigenvalue weighted by Crippen LogP contribution is -2.10. The molecule has 3 nitrogen and oxygen atoms in total. The summed E-state index contributed by atoms with van der Waals surface area (Å²) in [7, 11) is 0. The first-order valence-corrected chi connectivity index (χ1v) is 5.62. The molecule has 1 N–H and O–H groups in total. The minimum absolute atomic E-state index is 0.375. The third-order valence-corrected chi connectivity index (χ3v) is 3.26. The van der Waals surface area contributed by atoms with Gasteiger partial charge in [-0.05, 0) is 6.42 Å². The highest BCUT2D eigenvalue weighted by Gasteiger charge is 2.20. The minimum atomic E-state index is -0.784. The molecule has 78 valence electrons. The first-order valence-electron chi connectivity index (χ1n) is 4.74. The highest BCUT2D eigenvalue weighted by molar-refractivity contribution is 7.09. The van der Waals surface area contributed by atoms with Gasteiger partial charge in [0, 0.05) is 11.3 Å². The molecule has 1 aromatic heterocycles. The molecule has 0 aliphatic rings. The average molecular weight is 213 g/mol. The van der Waals surface area contributed by atoms with Crippen LogP contribution in [-0.2, 0) is 4.79 Å². The zero-order valence-corrected chi connectivity index (χ0v) is 9.47. The fraction of sp³-hybridized carbons (Fsp3) is 0.600. The number of aromatic nitrogens is 1. The number of hydrogen-bond acceptors (Lipinski definition) is 3. The van der Waals surface area contributed by atoms with Gasteiger partial charge in [-0.2, -0.15) is 0 Å². The van der Waals surface area contributed by atoms with E-state index < -0.39 is 11.9 Å². The lowest BCUT2D eigenvalue weighted by Gasteiger charge is -2.05. The van der Waals surface area contributed by atoms with E-state index in [-0.39, 0.29) is 0 Å². The van der Waals surface area contributed by atoms with Crippen LogP contribution in [0.15, 0.2) is 5.38 Å². The zero-order valence-electron chi connectivity index (χ0n) is 8.65. The quantitative estimate of drug-likeness (QED) is 0.836. The average Bonchev–Trinajstić information content (AvgIpc) is 2.53. The van der Waals surface area contributed by atoms with E-state index in [1.54, 1.807) is 11.3 Å². The lowest BCUT2D eigenvalue weighted by molar-refractivity contribution is -0.138. The molecule has 1 aromatic rings. The van der Waals surface area contributed by atoms with Crippen LogP contribution in [0, 0.1) is 0 Å². The summed E-state index contributed by atoms with van der Waals surface area (Å²) in [6.07, 6.45) is 0.594. The second-order valence-electron chi connectivity index (χ2n) is 3.56. The molecule has 0 aromatic carbocycles. The molecule has 14 heavy (non-hydrogen) atoms. The van der Waals surface area contributed by atoms with Crippen LogP contribution in [0.2, 0.25) is 0 Å². The van der Waals surface area contributed by atoms with Gasteiger partial charge in [0.25, 0.3) is 0 Å². The number of rotatable bonds is 4. The van der Waals surface area contributed by atoms with Crippen LogP contribution in [0.25, 0.3) is 0 Å². The number of carboxylic acid groups (broad SMARTS) is 1. The molecule has 0 saturated carbocycles. The molecule has 1 heterocycles. The summed E-state index contributed by atoms with van der Waals surface area (Å²) in [5.41, 5.74) is 0.703. The van der Waals surface area contributed by atoms with Crippen molar-refractivity contribution in [3.63, 3.8) is 0 Å². The first-order chi connectivity index (χ1) is 6.56. The van der Waals surface area contributed by atoms with Gasteiger partial charge in [-0.3, -0.25) is 4.79 Å². The SMILES string of the molecule is CCC(C(=O)O)c1csc(C(C)C)n1. The van der Waals surface area contributed by atoms with E-state index in [1.165, 1.54) is 0 Å². The van der Waals surface area contributed by atoms with Crippen molar-refractivity contribution in [3.8, 4) is 0 Å². The summed E-state index contributed by atoms with van der Waals surface area (Å²) >= 11 is 1.54. The van der Waals surface area contributed by atoms with E-state index >= 15 is 0 Å². The Kier molecular flexibility index (Phi) is 3.63. The Morgan fingerprint density at radius 1 is 1.64 bits per heavy atom. The van der Waals surface area contributed by atoms with Crippen molar-refractivity contribution >= 4 is 17.3 Å². The van der Waals surface area contributed by atoms with Crippen LogP contribution in [0.4, 0.5) is 0 Å². The largest absolute Gasteiger partial charge is 0.481 e. The topological polar surface area (TPSA) is 50.2 Å². The molecule has 0 saturated heterocycles. The van der Waals surface area contributed by atoms with E-state index in [0.717, 1.165) is 5.01 Å². The number of carbonyl (C=O) groups is 1. The maximum atomic E-state index is 10.9. The lowest BCUT2D eigenvalue weighted by atomic mass is 10.0. The van der Waals surface area contributed by atoms with Crippen molar-refractivity contribution in [3.05, 3.63) is 16.1 Å². The van der Waals surface area contributed by atoms with Gasteiger partial charge in [-0.25, -0.2) is 4.98 Å². The molecule has 1 rings (SSSR count). The molecule has 1 atom stereocenters. The summed E-state index contributed by atoms with van der Waals surface area (Å²) in [4.78, 5) is 15.2. The second-order valence-corrected chi connectivity index (χ2v) is 4.45. The highest BCUT2D eigenvalue weighted by atomic mass is 32.1. The van der Waals surface area contributed by atoms with Crippen LogP contribution in [0.1, 0.15) is 49.7 Å². The van der Waals surface area contributed by atoms with E-state index in [9.17, 15) is 4.79 Å². The molecule has 1 unspecified atom stereocenters. The third kappa shape index (κ3) is 2.32. The van der Waals surface area contributed by atoms with Crippen molar-refractivity contribution in [1.82, 2.24) is 4.98 Å². The molecular weight excluding hydrogens is 198 g/mol. The van der Waals surface area contributed by atoms with Crippen molar-refractivity contribution in [2.45, 2.75) is 39.0 Å². The van der Waals surface area contributed by atoms with Crippen molar-refractivity contribution in [2.24, 2.45) is 0 Å². The number of nitrogens with zero attached hydrogens (tertiary/aromatic N) is 1. The Morgan fingerprint density at radius 2 is 2.29 bits per heavy atom. The van der Waals surface area contributed by atoms with Crippen LogP contribution in [0.3, 0.4) is 0 Å². The molecule has 0 aliphatic heterocycles. The molecule has 0 amide bonds. The Bertz CT molecular complexity index is 320. The molecular formula is C10H15NO2S. The summed E-state index contributed by atoms with van der Waals surface area (Å²) in [5, 5.41) is 11.8. The number of hydrogen-bond donors (Lipinski definition) is 1. The number of thiazole rings is 1. The van der Waals surface area contributed by atoms with Gasteiger partial charge in [0.05, 0.1) is 16.6 Å². The minimum Gasteiger partial charge on any atom is -0.481 e. The van der Waals surface area contributed by atoms with Gasteiger partial charge < -0.3 is 5.11 Å². The van der Waals surface area contributed by atoms with Gasteiger partial charge in [0.15, 0.2) is 0 Å². The number of aliphatic carboxylic acids is 1. The molecule has 0 spiro atoms.